The smallest absolute Gasteiger partial charge is 0.249 e. The van der Waals surface area contributed by atoms with E-state index in [1.807, 2.05) is 30.3 Å². The van der Waals surface area contributed by atoms with E-state index in [-0.39, 0.29) is 4.21 Å². The summed E-state index contributed by atoms with van der Waals surface area (Å²) in [5.74, 6) is 0.743. The van der Waals surface area contributed by atoms with Gasteiger partial charge in [-0.3, -0.25) is 0 Å². The molecule has 3 rings (SSSR count). The second-order valence-corrected chi connectivity index (χ2v) is 10.8. The number of benzene rings is 1. The van der Waals surface area contributed by atoms with Gasteiger partial charge in [0.15, 0.2) is 4.21 Å². The van der Waals surface area contributed by atoms with Crippen LogP contribution in [0.1, 0.15) is 19.3 Å². The van der Waals surface area contributed by atoms with Gasteiger partial charge in [-0.1, -0.05) is 36.8 Å². The first-order chi connectivity index (χ1) is 10.5. The van der Waals surface area contributed by atoms with E-state index in [1.165, 1.54) is 6.20 Å². The van der Waals surface area contributed by atoms with Crippen molar-refractivity contribution in [1.82, 2.24) is 4.98 Å². The fourth-order valence-electron chi connectivity index (χ4n) is 2.32. The molecule has 0 radical (unpaired) electrons. The zero-order valence-corrected chi connectivity index (χ0v) is 14.3. The molecule has 0 bridgehead atoms. The zero-order chi connectivity index (χ0) is 15.6. The van der Waals surface area contributed by atoms with Gasteiger partial charge < -0.3 is 0 Å². The lowest BCUT2D eigenvalue weighted by atomic mass is 10.2. The van der Waals surface area contributed by atoms with Crippen molar-refractivity contribution in [3.05, 3.63) is 36.5 Å². The number of hydrogen-bond donors (Lipinski definition) is 0. The lowest BCUT2D eigenvalue weighted by molar-refractivity contribution is 0.599. The minimum Gasteiger partial charge on any atom is -0.249 e. The van der Waals surface area contributed by atoms with Gasteiger partial charge >= 0.3 is 10.0 Å². The molecular formula is C14H16N2O3S3. The topological polar surface area (TPSA) is 76.5 Å². The SMILES string of the molecule is O=S(=O)(N=S1(=O)CCCCC1)c1cnc(-c2ccccc2)s1. The molecule has 1 aliphatic heterocycles. The summed E-state index contributed by atoms with van der Waals surface area (Å²) in [7, 11) is -6.54. The maximum absolute atomic E-state index is 12.5. The molecule has 0 atom stereocenters. The molecule has 0 amide bonds. The molecule has 1 aliphatic rings. The van der Waals surface area contributed by atoms with Crippen molar-refractivity contribution >= 4 is 31.1 Å². The van der Waals surface area contributed by atoms with Crippen molar-refractivity contribution < 1.29 is 12.6 Å². The average molecular weight is 356 g/mol. The van der Waals surface area contributed by atoms with Gasteiger partial charge in [0.2, 0.25) is 0 Å². The Labute approximate surface area is 134 Å². The van der Waals surface area contributed by atoms with Crippen molar-refractivity contribution in [3.8, 4) is 10.6 Å². The lowest BCUT2D eigenvalue weighted by Gasteiger charge is -2.14. The number of rotatable bonds is 3. The first-order valence-corrected chi connectivity index (χ1v) is 11.1. The number of thiazole rings is 1. The summed E-state index contributed by atoms with van der Waals surface area (Å²) in [6, 6.07) is 9.36. The minimum absolute atomic E-state index is 0.0552. The van der Waals surface area contributed by atoms with Crippen LogP contribution in [-0.4, -0.2) is 29.1 Å². The highest BCUT2D eigenvalue weighted by molar-refractivity contribution is 8.04. The van der Waals surface area contributed by atoms with E-state index in [1.54, 1.807) is 0 Å². The highest BCUT2D eigenvalue weighted by Crippen LogP contribution is 2.29. The Morgan fingerprint density at radius 1 is 1.09 bits per heavy atom. The van der Waals surface area contributed by atoms with Crippen molar-refractivity contribution in [2.24, 2.45) is 3.77 Å². The Morgan fingerprint density at radius 2 is 1.77 bits per heavy atom. The average Bonchev–Trinajstić information content (AvgIpc) is 2.98. The molecule has 0 aliphatic carbocycles. The maximum atomic E-state index is 12.5. The summed E-state index contributed by atoms with van der Waals surface area (Å²) in [6.07, 6.45) is 3.84. The largest absolute Gasteiger partial charge is 0.301 e. The molecule has 0 saturated carbocycles. The summed E-state index contributed by atoms with van der Waals surface area (Å²) in [5.41, 5.74) is 0.857. The van der Waals surface area contributed by atoms with Crippen LogP contribution >= 0.6 is 11.3 Å². The normalized spacial score (nSPS) is 18.0. The Kier molecular flexibility index (Phi) is 4.33. The van der Waals surface area contributed by atoms with Crippen LogP contribution in [0.2, 0.25) is 0 Å². The van der Waals surface area contributed by atoms with Gasteiger partial charge in [-0.15, -0.1) is 15.1 Å². The van der Waals surface area contributed by atoms with E-state index in [4.69, 9.17) is 0 Å². The van der Waals surface area contributed by atoms with Crippen LogP contribution in [0.25, 0.3) is 10.6 Å². The van der Waals surface area contributed by atoms with Gasteiger partial charge in [0.25, 0.3) is 0 Å². The maximum Gasteiger partial charge on any atom is 0.301 e. The highest BCUT2D eigenvalue weighted by atomic mass is 32.3. The molecule has 0 unspecified atom stereocenters. The van der Waals surface area contributed by atoms with E-state index in [2.05, 4.69) is 8.75 Å². The van der Waals surface area contributed by atoms with E-state index in [0.717, 1.165) is 36.2 Å². The van der Waals surface area contributed by atoms with Crippen LogP contribution in [0.4, 0.5) is 0 Å². The number of nitrogens with zero attached hydrogens (tertiary/aromatic N) is 2. The Bertz CT molecular complexity index is 867. The summed E-state index contributed by atoms with van der Waals surface area (Å²) < 4.78 is 41.1. The number of aromatic nitrogens is 1. The van der Waals surface area contributed by atoms with Crippen molar-refractivity contribution in [1.29, 1.82) is 0 Å². The third-order valence-electron chi connectivity index (χ3n) is 3.42. The molecule has 0 spiro atoms. The van der Waals surface area contributed by atoms with Crippen molar-refractivity contribution in [3.63, 3.8) is 0 Å². The van der Waals surface area contributed by atoms with Gasteiger partial charge in [-0.25, -0.2) is 9.19 Å². The molecule has 22 heavy (non-hydrogen) atoms. The predicted octanol–water partition coefficient (Wildman–Crippen LogP) is 3.15. The summed E-state index contributed by atoms with van der Waals surface area (Å²) in [4.78, 5) is 4.16. The predicted molar refractivity (Wildman–Crippen MR) is 88.9 cm³/mol. The molecule has 1 fully saturated rings. The second kappa shape index (κ2) is 6.10. The van der Waals surface area contributed by atoms with E-state index < -0.39 is 19.8 Å². The molecule has 1 aromatic heterocycles. The van der Waals surface area contributed by atoms with Crippen LogP contribution < -0.4 is 0 Å². The molecule has 2 heterocycles. The fraction of sp³-hybridized carbons (Fsp3) is 0.357. The molecule has 118 valence electrons. The molecular weight excluding hydrogens is 340 g/mol. The summed E-state index contributed by atoms with van der Waals surface area (Å²) in [6.45, 7) is 0. The first-order valence-electron chi connectivity index (χ1n) is 6.99. The molecule has 1 aromatic carbocycles. The van der Waals surface area contributed by atoms with Crippen molar-refractivity contribution in [2.75, 3.05) is 11.5 Å². The Hall–Kier alpha value is -1.25. The van der Waals surface area contributed by atoms with Crippen LogP contribution in [-0.2, 0) is 19.8 Å². The lowest BCUT2D eigenvalue weighted by Crippen LogP contribution is -2.18. The van der Waals surface area contributed by atoms with E-state index in [9.17, 15) is 12.6 Å². The zero-order valence-electron chi connectivity index (χ0n) is 11.8. The summed E-state index contributed by atoms with van der Waals surface area (Å²) in [5, 5.41) is 0.618. The number of sulfonamides is 1. The van der Waals surface area contributed by atoms with Gasteiger partial charge in [0, 0.05) is 17.1 Å². The highest BCUT2D eigenvalue weighted by Gasteiger charge is 2.23. The Morgan fingerprint density at radius 3 is 2.45 bits per heavy atom. The standard InChI is InChI=1S/C14H16N2O3S3/c17-21(9-5-2-6-10-21)16-22(18,19)13-11-15-14(20-13)12-7-3-1-4-8-12/h1,3-4,7-8,11H,2,5-6,9-10H2. The monoisotopic (exact) mass is 356 g/mol. The van der Waals surface area contributed by atoms with Crippen LogP contribution in [0.15, 0.2) is 44.5 Å². The third kappa shape index (κ3) is 3.39. The van der Waals surface area contributed by atoms with E-state index >= 15 is 0 Å². The van der Waals surface area contributed by atoms with Crippen LogP contribution in [0, 0.1) is 0 Å². The third-order valence-corrected chi connectivity index (χ3v) is 9.48. The molecule has 8 heteroatoms. The van der Waals surface area contributed by atoms with Crippen molar-refractivity contribution in [2.45, 2.75) is 23.5 Å². The second-order valence-electron chi connectivity index (χ2n) is 5.14. The van der Waals surface area contributed by atoms with Gasteiger partial charge in [0.1, 0.15) is 5.01 Å². The van der Waals surface area contributed by atoms with Crippen LogP contribution in [0.5, 0.6) is 0 Å². The van der Waals surface area contributed by atoms with Gasteiger partial charge in [-0.2, -0.15) is 8.42 Å². The summed E-state index contributed by atoms with van der Waals surface area (Å²) >= 11 is 1.06. The van der Waals surface area contributed by atoms with Crippen LogP contribution in [0.3, 0.4) is 0 Å². The number of hydrogen-bond acceptors (Lipinski definition) is 5. The fourth-order valence-corrected chi connectivity index (χ4v) is 7.93. The molecule has 2 aromatic rings. The molecule has 1 saturated heterocycles. The quantitative estimate of drug-likeness (QED) is 0.846. The molecule has 0 N–H and O–H groups in total. The molecule has 5 nitrogen and oxygen atoms in total. The van der Waals surface area contributed by atoms with Gasteiger partial charge in [0.05, 0.1) is 15.9 Å². The van der Waals surface area contributed by atoms with E-state index in [0.29, 0.717) is 16.5 Å². The minimum atomic E-state index is -3.90. The Balaban J connectivity index is 1.96. The van der Waals surface area contributed by atoms with Gasteiger partial charge in [-0.05, 0) is 12.8 Å². The first kappa shape index (κ1) is 15.6.